The third-order valence-corrected chi connectivity index (χ3v) is 0.334. The highest BCUT2D eigenvalue weighted by atomic mass is 17.2. The molecule has 0 aromatic rings. The molecule has 0 saturated heterocycles. The fourth-order valence-electron chi connectivity index (χ4n) is 0.161. The Hall–Kier alpha value is -0.160. The van der Waals surface area contributed by atoms with Crippen LogP contribution in [0.3, 0.4) is 0 Å². The summed E-state index contributed by atoms with van der Waals surface area (Å²) in [4.78, 5) is 8.22. The van der Waals surface area contributed by atoms with E-state index in [9.17, 15) is 0 Å². The second kappa shape index (κ2) is 3.80. The predicted molar refractivity (Wildman–Crippen MR) is 25.5 cm³/mol. The lowest BCUT2D eigenvalue weighted by atomic mass is 10.8. The second-order valence-electron chi connectivity index (χ2n) is 1.39. The molecule has 2 atom stereocenters. The molecule has 4 heteroatoms. The Morgan fingerprint density at radius 2 is 1.25 bits per heavy atom. The Labute approximate surface area is 47.6 Å². The van der Waals surface area contributed by atoms with Crippen LogP contribution in [0.25, 0.3) is 0 Å². The molecule has 0 aromatic heterocycles. The Kier molecular flexibility index (Phi) is 3.72. The second-order valence-corrected chi connectivity index (χ2v) is 1.39. The van der Waals surface area contributed by atoms with Gasteiger partial charge in [0.1, 0.15) is 0 Å². The van der Waals surface area contributed by atoms with Crippen LogP contribution < -0.4 is 0 Å². The first-order valence-corrected chi connectivity index (χ1v) is 2.31. The number of aliphatic hydroxyl groups excluding tert-OH is 2. The maximum atomic E-state index is 8.34. The maximum Gasteiger partial charge on any atom is 0.185 e. The van der Waals surface area contributed by atoms with Gasteiger partial charge in [0.15, 0.2) is 12.6 Å². The van der Waals surface area contributed by atoms with Gasteiger partial charge in [-0.15, -0.1) is 0 Å². The standard InChI is InChI=1S/C4H10O4/c1-3(5)7-8-4(2)6/h3-6H,1-2H3. The van der Waals surface area contributed by atoms with Crippen molar-refractivity contribution >= 4 is 0 Å². The molecule has 2 N–H and O–H groups in total. The largest absolute Gasteiger partial charge is 0.366 e. The van der Waals surface area contributed by atoms with E-state index in [1.807, 2.05) is 0 Å². The minimum absolute atomic E-state index is 0.996. The predicted octanol–water partition coefficient (Wildman–Crippen LogP) is -0.389. The summed E-state index contributed by atoms with van der Waals surface area (Å²) in [6, 6.07) is 0. The van der Waals surface area contributed by atoms with E-state index in [4.69, 9.17) is 10.2 Å². The zero-order valence-corrected chi connectivity index (χ0v) is 4.87. The summed E-state index contributed by atoms with van der Waals surface area (Å²) in [6.07, 6.45) is -1.99. The summed E-state index contributed by atoms with van der Waals surface area (Å²) in [7, 11) is 0. The van der Waals surface area contributed by atoms with Crippen LogP contribution in [-0.2, 0) is 9.78 Å². The average Bonchev–Trinajstić information content (AvgIpc) is 1.61. The van der Waals surface area contributed by atoms with Crippen LogP contribution in [0.2, 0.25) is 0 Å². The number of rotatable bonds is 3. The van der Waals surface area contributed by atoms with Gasteiger partial charge < -0.3 is 10.2 Å². The molecule has 0 spiro atoms. The first kappa shape index (κ1) is 7.84. The smallest absolute Gasteiger partial charge is 0.185 e. The first-order chi connectivity index (χ1) is 3.63. The lowest BCUT2D eigenvalue weighted by Gasteiger charge is -2.06. The van der Waals surface area contributed by atoms with E-state index in [0.29, 0.717) is 0 Å². The summed E-state index contributed by atoms with van der Waals surface area (Å²) in [5.41, 5.74) is 0. The molecular weight excluding hydrogens is 112 g/mol. The van der Waals surface area contributed by atoms with Crippen molar-refractivity contribution in [3.05, 3.63) is 0 Å². The number of hydrogen-bond acceptors (Lipinski definition) is 4. The van der Waals surface area contributed by atoms with Crippen molar-refractivity contribution in [2.24, 2.45) is 0 Å². The van der Waals surface area contributed by atoms with Crippen LogP contribution in [0.4, 0.5) is 0 Å². The molecule has 0 radical (unpaired) electrons. The van der Waals surface area contributed by atoms with Crippen molar-refractivity contribution in [2.45, 2.75) is 26.4 Å². The van der Waals surface area contributed by atoms with Crippen molar-refractivity contribution in [3.8, 4) is 0 Å². The summed E-state index contributed by atoms with van der Waals surface area (Å²) in [5.74, 6) is 0. The molecule has 0 aromatic carbocycles. The van der Waals surface area contributed by atoms with Gasteiger partial charge in [-0.2, -0.15) is 0 Å². The zero-order chi connectivity index (χ0) is 6.57. The zero-order valence-electron chi connectivity index (χ0n) is 4.87. The highest BCUT2D eigenvalue weighted by Crippen LogP contribution is 1.89. The van der Waals surface area contributed by atoms with E-state index in [0.717, 1.165) is 0 Å². The van der Waals surface area contributed by atoms with Gasteiger partial charge in [-0.25, -0.2) is 9.78 Å². The van der Waals surface area contributed by atoms with Gasteiger partial charge in [0.05, 0.1) is 0 Å². The van der Waals surface area contributed by atoms with Crippen LogP contribution in [0.1, 0.15) is 13.8 Å². The maximum absolute atomic E-state index is 8.34. The van der Waals surface area contributed by atoms with Crippen molar-refractivity contribution in [1.29, 1.82) is 0 Å². The van der Waals surface area contributed by atoms with Gasteiger partial charge in [-0.05, 0) is 13.8 Å². The SMILES string of the molecule is CC(O)OOC(C)O. The molecule has 0 aliphatic heterocycles. The Bertz CT molecular complexity index is 44.0. The van der Waals surface area contributed by atoms with Gasteiger partial charge in [-0.1, -0.05) is 0 Å². The van der Waals surface area contributed by atoms with E-state index < -0.39 is 12.6 Å². The van der Waals surface area contributed by atoms with Gasteiger partial charge >= 0.3 is 0 Å². The van der Waals surface area contributed by atoms with Crippen molar-refractivity contribution < 1.29 is 20.0 Å². The Balaban J connectivity index is 2.93. The van der Waals surface area contributed by atoms with E-state index in [2.05, 4.69) is 9.78 Å². The van der Waals surface area contributed by atoms with Gasteiger partial charge in [-0.3, -0.25) is 0 Å². The summed E-state index contributed by atoms with van der Waals surface area (Å²) in [6.45, 7) is 2.75. The molecule has 8 heavy (non-hydrogen) atoms. The number of aliphatic hydroxyl groups is 2. The quantitative estimate of drug-likeness (QED) is 0.304. The first-order valence-electron chi connectivity index (χ1n) is 2.31. The number of hydrogen-bond donors (Lipinski definition) is 2. The molecule has 50 valence electrons. The minimum atomic E-state index is -0.996. The normalized spacial score (nSPS) is 18.0. The minimum Gasteiger partial charge on any atom is -0.366 e. The molecular formula is C4H10O4. The van der Waals surface area contributed by atoms with Gasteiger partial charge in [0.2, 0.25) is 0 Å². The van der Waals surface area contributed by atoms with Crippen LogP contribution in [0, 0.1) is 0 Å². The van der Waals surface area contributed by atoms with Gasteiger partial charge in [0.25, 0.3) is 0 Å². The third kappa shape index (κ3) is 5.84. The van der Waals surface area contributed by atoms with Crippen LogP contribution >= 0.6 is 0 Å². The lowest BCUT2D eigenvalue weighted by Crippen LogP contribution is -2.13. The Morgan fingerprint density at radius 1 is 1.00 bits per heavy atom. The molecule has 0 amide bonds. The molecule has 4 nitrogen and oxygen atoms in total. The average molecular weight is 122 g/mol. The lowest BCUT2D eigenvalue weighted by molar-refractivity contribution is -0.415. The topological polar surface area (TPSA) is 58.9 Å². The highest BCUT2D eigenvalue weighted by Gasteiger charge is 1.97. The monoisotopic (exact) mass is 122 g/mol. The fourth-order valence-corrected chi connectivity index (χ4v) is 0.161. The van der Waals surface area contributed by atoms with Crippen molar-refractivity contribution in [2.75, 3.05) is 0 Å². The Morgan fingerprint density at radius 3 is 1.38 bits per heavy atom. The summed E-state index contributed by atoms with van der Waals surface area (Å²) < 4.78 is 0. The third-order valence-electron chi connectivity index (χ3n) is 0.334. The fraction of sp³-hybridized carbons (Fsp3) is 1.00. The van der Waals surface area contributed by atoms with Crippen LogP contribution in [0.5, 0.6) is 0 Å². The van der Waals surface area contributed by atoms with E-state index in [1.54, 1.807) is 0 Å². The van der Waals surface area contributed by atoms with E-state index >= 15 is 0 Å². The molecule has 0 heterocycles. The van der Waals surface area contributed by atoms with Crippen molar-refractivity contribution in [3.63, 3.8) is 0 Å². The van der Waals surface area contributed by atoms with Crippen molar-refractivity contribution in [1.82, 2.24) is 0 Å². The molecule has 0 aliphatic carbocycles. The summed E-state index contributed by atoms with van der Waals surface area (Å²) >= 11 is 0. The highest BCUT2D eigenvalue weighted by molar-refractivity contribution is 4.14. The molecule has 0 bridgehead atoms. The molecule has 2 unspecified atom stereocenters. The van der Waals surface area contributed by atoms with Gasteiger partial charge in [0, 0.05) is 0 Å². The molecule has 0 saturated carbocycles. The molecule has 0 rings (SSSR count). The van der Waals surface area contributed by atoms with Crippen LogP contribution in [-0.4, -0.2) is 22.8 Å². The molecule has 0 fully saturated rings. The molecule has 0 aliphatic rings. The van der Waals surface area contributed by atoms with E-state index in [-0.39, 0.29) is 0 Å². The van der Waals surface area contributed by atoms with Crippen LogP contribution in [0.15, 0.2) is 0 Å². The summed E-state index contributed by atoms with van der Waals surface area (Å²) in [5, 5.41) is 16.7. The van der Waals surface area contributed by atoms with E-state index in [1.165, 1.54) is 13.8 Å².